The second kappa shape index (κ2) is 8.11. The Balaban J connectivity index is 1.40. The van der Waals surface area contributed by atoms with Gasteiger partial charge < -0.3 is 21.1 Å². The number of hydrogen-bond acceptors (Lipinski definition) is 6. The average molecular weight is 424 g/mol. The molecule has 7 heteroatoms. The zero-order chi connectivity index (χ0) is 22.2. The van der Waals surface area contributed by atoms with Crippen LogP contribution in [0.5, 0.6) is 0 Å². The number of benzene rings is 1. The van der Waals surface area contributed by atoms with Gasteiger partial charge in [-0.2, -0.15) is 4.98 Å². The van der Waals surface area contributed by atoms with Crippen molar-refractivity contribution in [1.82, 2.24) is 9.97 Å². The molecule has 4 rings (SSSR count). The first-order valence-electron chi connectivity index (χ1n) is 11.1. The Morgan fingerprint density at radius 1 is 1.23 bits per heavy atom. The van der Waals surface area contributed by atoms with E-state index in [-0.39, 0.29) is 23.5 Å². The number of nitrogens with zero attached hydrogens (tertiary/aromatic N) is 2. The molecule has 1 saturated carbocycles. The van der Waals surface area contributed by atoms with Crippen LogP contribution in [-0.4, -0.2) is 39.7 Å². The maximum absolute atomic E-state index is 12.6. The van der Waals surface area contributed by atoms with Gasteiger partial charge in [-0.3, -0.25) is 4.79 Å². The predicted octanol–water partition coefficient (Wildman–Crippen LogP) is 3.85. The van der Waals surface area contributed by atoms with Crippen LogP contribution in [0.1, 0.15) is 57.6 Å². The summed E-state index contributed by atoms with van der Waals surface area (Å²) in [5, 5.41) is 20.1. The normalized spacial score (nSPS) is 26.8. The number of nitrogens with one attached hydrogen (secondary N) is 3. The van der Waals surface area contributed by atoms with Gasteiger partial charge in [0.25, 0.3) is 0 Å². The summed E-state index contributed by atoms with van der Waals surface area (Å²) in [6.45, 7) is 8.80. The number of fused-ring (bicyclic) bond motifs is 1. The number of aromatic nitrogens is 2. The molecule has 0 bridgehead atoms. The number of hydrogen-bond donors (Lipinski definition) is 4. The van der Waals surface area contributed by atoms with Crippen molar-refractivity contribution >= 4 is 23.4 Å². The highest BCUT2D eigenvalue weighted by Gasteiger charge is 2.42. The van der Waals surface area contributed by atoms with Crippen molar-refractivity contribution in [3.05, 3.63) is 41.6 Å². The van der Waals surface area contributed by atoms with Gasteiger partial charge in [-0.05, 0) is 56.6 Å². The Morgan fingerprint density at radius 3 is 2.77 bits per heavy atom. The van der Waals surface area contributed by atoms with Gasteiger partial charge in [0, 0.05) is 30.0 Å². The summed E-state index contributed by atoms with van der Waals surface area (Å²) < 4.78 is 0. The minimum absolute atomic E-state index is 0.0322. The minimum Gasteiger partial charge on any atom is -0.393 e. The van der Waals surface area contributed by atoms with Crippen LogP contribution in [0.2, 0.25) is 0 Å². The van der Waals surface area contributed by atoms with Crippen LogP contribution < -0.4 is 16.0 Å². The van der Waals surface area contributed by atoms with Crippen LogP contribution in [0.4, 0.5) is 17.5 Å². The monoisotopic (exact) mass is 423 g/mol. The highest BCUT2D eigenvalue weighted by molar-refractivity contribution is 6.05. The van der Waals surface area contributed by atoms with E-state index >= 15 is 0 Å². The second-order valence-corrected chi connectivity index (χ2v) is 9.86. The second-order valence-electron chi connectivity index (χ2n) is 9.86. The van der Waals surface area contributed by atoms with Crippen LogP contribution in [0.3, 0.4) is 0 Å². The van der Waals surface area contributed by atoms with E-state index in [2.05, 4.69) is 39.8 Å². The molecule has 2 aliphatic rings. The SMILES string of the molecule is Cc1cnc(NCC[C@@]2(C)C(=O)Nc3ccccc32)nc1N[C@@H]1CC[C@H](O)C(C)(C)C1. The molecule has 1 aromatic carbocycles. The smallest absolute Gasteiger partial charge is 0.234 e. The lowest BCUT2D eigenvalue weighted by Crippen LogP contribution is -2.41. The topological polar surface area (TPSA) is 99.2 Å². The molecule has 0 spiro atoms. The van der Waals surface area contributed by atoms with Crippen molar-refractivity contribution in [2.24, 2.45) is 5.41 Å². The Kier molecular flexibility index (Phi) is 5.64. The Bertz CT molecular complexity index is 976. The molecule has 1 aliphatic carbocycles. The summed E-state index contributed by atoms with van der Waals surface area (Å²) in [5.74, 6) is 1.41. The highest BCUT2D eigenvalue weighted by Crippen LogP contribution is 2.40. The molecule has 166 valence electrons. The molecule has 3 atom stereocenters. The maximum atomic E-state index is 12.6. The van der Waals surface area contributed by atoms with Gasteiger partial charge >= 0.3 is 0 Å². The van der Waals surface area contributed by atoms with E-state index in [1.165, 1.54) is 0 Å². The van der Waals surface area contributed by atoms with E-state index in [1.807, 2.05) is 44.3 Å². The fraction of sp³-hybridized carbons (Fsp3) is 0.542. The maximum Gasteiger partial charge on any atom is 0.234 e. The summed E-state index contributed by atoms with van der Waals surface area (Å²) >= 11 is 0. The molecule has 1 fully saturated rings. The Labute approximate surface area is 184 Å². The number of carbonyl (C=O) groups is 1. The first-order valence-corrected chi connectivity index (χ1v) is 11.1. The number of aryl methyl sites for hydroxylation is 1. The molecule has 1 aliphatic heterocycles. The summed E-state index contributed by atoms with van der Waals surface area (Å²) in [7, 11) is 0. The fourth-order valence-electron chi connectivity index (χ4n) is 4.74. The standard InChI is InChI=1S/C24H33N5O2/c1-15-14-26-22(29-20(15)27-16-9-10-19(30)23(2,3)13-16)25-12-11-24(4)17-7-5-6-8-18(17)28-21(24)31/h5-8,14,16,19,30H,9-13H2,1-4H3,(H,28,31)(H2,25,26,27,29)/t16-,19+,24-/m1/s1. The van der Waals surface area contributed by atoms with Crippen molar-refractivity contribution < 1.29 is 9.90 Å². The number of para-hydroxylation sites is 1. The molecular formula is C24H33N5O2. The summed E-state index contributed by atoms with van der Waals surface area (Å²) in [5.41, 5.74) is 2.25. The van der Waals surface area contributed by atoms with Crippen molar-refractivity contribution in [3.8, 4) is 0 Å². The predicted molar refractivity (Wildman–Crippen MR) is 123 cm³/mol. The van der Waals surface area contributed by atoms with E-state index < -0.39 is 5.41 Å². The number of rotatable bonds is 6. The van der Waals surface area contributed by atoms with Gasteiger partial charge in [0.15, 0.2) is 0 Å². The van der Waals surface area contributed by atoms with Gasteiger partial charge in [0.05, 0.1) is 11.5 Å². The lowest BCUT2D eigenvalue weighted by molar-refractivity contribution is -0.120. The van der Waals surface area contributed by atoms with Gasteiger partial charge in [0.1, 0.15) is 5.82 Å². The Hall–Kier alpha value is -2.67. The molecule has 1 aromatic heterocycles. The van der Waals surface area contributed by atoms with E-state index in [0.717, 1.165) is 41.9 Å². The third-order valence-corrected chi connectivity index (χ3v) is 6.95. The van der Waals surface area contributed by atoms with Crippen molar-refractivity contribution in [1.29, 1.82) is 0 Å². The molecule has 7 nitrogen and oxygen atoms in total. The van der Waals surface area contributed by atoms with E-state index in [0.29, 0.717) is 18.9 Å². The molecule has 0 saturated heterocycles. The number of aliphatic hydroxyl groups excluding tert-OH is 1. The number of carbonyl (C=O) groups excluding carboxylic acids is 1. The van der Waals surface area contributed by atoms with Gasteiger partial charge in [-0.15, -0.1) is 0 Å². The van der Waals surface area contributed by atoms with Gasteiger partial charge in [-0.25, -0.2) is 4.98 Å². The lowest BCUT2D eigenvalue weighted by atomic mass is 9.73. The molecule has 0 radical (unpaired) electrons. The minimum atomic E-state index is -0.566. The Morgan fingerprint density at radius 2 is 2.00 bits per heavy atom. The van der Waals surface area contributed by atoms with E-state index in [1.54, 1.807) is 0 Å². The van der Waals surface area contributed by atoms with E-state index in [9.17, 15) is 9.90 Å². The molecule has 0 unspecified atom stereocenters. The fourth-order valence-corrected chi connectivity index (χ4v) is 4.74. The molecule has 4 N–H and O–H groups in total. The zero-order valence-electron chi connectivity index (χ0n) is 18.8. The van der Waals surface area contributed by atoms with Crippen LogP contribution in [-0.2, 0) is 10.2 Å². The summed E-state index contributed by atoms with van der Waals surface area (Å²) in [6.07, 6.45) is 4.82. The number of aliphatic hydroxyl groups is 1. The van der Waals surface area contributed by atoms with Crippen LogP contribution in [0, 0.1) is 12.3 Å². The third kappa shape index (κ3) is 4.24. The molecule has 2 heterocycles. The molecule has 1 amide bonds. The average Bonchev–Trinajstić information content (AvgIpc) is 2.97. The van der Waals surface area contributed by atoms with Crippen molar-refractivity contribution in [2.75, 3.05) is 22.5 Å². The highest BCUT2D eigenvalue weighted by atomic mass is 16.3. The van der Waals surface area contributed by atoms with Crippen LogP contribution in [0.25, 0.3) is 0 Å². The van der Waals surface area contributed by atoms with Gasteiger partial charge in [0.2, 0.25) is 11.9 Å². The summed E-state index contributed by atoms with van der Waals surface area (Å²) in [6, 6.07) is 8.14. The van der Waals surface area contributed by atoms with Crippen LogP contribution in [0.15, 0.2) is 30.5 Å². The van der Waals surface area contributed by atoms with E-state index in [4.69, 9.17) is 0 Å². The molecule has 2 aromatic rings. The first kappa shape index (κ1) is 21.6. The third-order valence-electron chi connectivity index (χ3n) is 6.95. The van der Waals surface area contributed by atoms with Crippen LogP contribution >= 0.6 is 0 Å². The van der Waals surface area contributed by atoms with Gasteiger partial charge in [-0.1, -0.05) is 32.0 Å². The number of anilines is 3. The first-order chi connectivity index (χ1) is 14.7. The largest absolute Gasteiger partial charge is 0.393 e. The molecule has 31 heavy (non-hydrogen) atoms. The summed E-state index contributed by atoms with van der Waals surface area (Å²) in [4.78, 5) is 21.7. The lowest BCUT2D eigenvalue weighted by Gasteiger charge is -2.40. The quantitative estimate of drug-likeness (QED) is 0.563. The van der Waals surface area contributed by atoms with Crippen molar-refractivity contribution in [2.45, 2.75) is 70.9 Å². The molecular weight excluding hydrogens is 390 g/mol. The van der Waals surface area contributed by atoms with Crippen molar-refractivity contribution in [3.63, 3.8) is 0 Å². The zero-order valence-corrected chi connectivity index (χ0v) is 18.8. The number of amides is 1.